The van der Waals surface area contributed by atoms with E-state index in [4.69, 9.17) is 30.2 Å². The number of rotatable bonds is 7. The Kier molecular flexibility index (Phi) is 5.86. The summed E-state index contributed by atoms with van der Waals surface area (Å²) in [5.41, 5.74) is 9.05. The molecule has 1 aliphatic heterocycles. The van der Waals surface area contributed by atoms with Gasteiger partial charge in [-0.3, -0.25) is 0 Å². The van der Waals surface area contributed by atoms with Gasteiger partial charge in [-0.15, -0.1) is 0 Å². The average molecular weight is 464 g/mol. The van der Waals surface area contributed by atoms with Crippen LogP contribution in [0.4, 0.5) is 11.8 Å². The molecule has 2 aromatic heterocycles. The maximum Gasteiger partial charge on any atom is 0.231 e. The van der Waals surface area contributed by atoms with Gasteiger partial charge in [-0.05, 0) is 62.6 Å². The third-order valence-electron chi connectivity index (χ3n) is 7.39. The van der Waals surface area contributed by atoms with Crippen molar-refractivity contribution in [2.24, 2.45) is 5.73 Å². The monoisotopic (exact) mass is 463 g/mol. The van der Waals surface area contributed by atoms with Gasteiger partial charge in [0.2, 0.25) is 12.7 Å². The molecule has 3 heterocycles. The zero-order valence-corrected chi connectivity index (χ0v) is 19.5. The van der Waals surface area contributed by atoms with E-state index in [1.54, 1.807) is 0 Å². The van der Waals surface area contributed by atoms with Gasteiger partial charge in [0.1, 0.15) is 0 Å². The topological polar surface area (TPSA) is 112 Å². The zero-order chi connectivity index (χ0) is 22.9. The maximum absolute atomic E-state index is 6.10. The molecule has 2 aliphatic carbocycles. The van der Waals surface area contributed by atoms with Gasteiger partial charge in [0.05, 0.1) is 6.33 Å². The summed E-state index contributed by atoms with van der Waals surface area (Å²) in [5.74, 6) is 3.10. The van der Waals surface area contributed by atoms with Crippen molar-refractivity contribution in [2.75, 3.05) is 24.0 Å². The third kappa shape index (κ3) is 4.36. The van der Waals surface area contributed by atoms with Gasteiger partial charge in [0, 0.05) is 24.7 Å². The first-order valence-electron chi connectivity index (χ1n) is 12.6. The van der Waals surface area contributed by atoms with E-state index in [1.807, 2.05) is 12.4 Å². The summed E-state index contributed by atoms with van der Waals surface area (Å²) in [6.07, 6.45) is 11.9. The lowest BCUT2D eigenvalue weighted by molar-refractivity contribution is 0.174. The molecule has 4 N–H and O–H groups in total. The van der Waals surface area contributed by atoms with E-state index >= 15 is 0 Å². The summed E-state index contributed by atoms with van der Waals surface area (Å²) in [7, 11) is 0. The van der Waals surface area contributed by atoms with E-state index < -0.39 is 0 Å². The molecule has 0 saturated heterocycles. The molecule has 9 heteroatoms. The summed E-state index contributed by atoms with van der Waals surface area (Å²) >= 11 is 0. The summed E-state index contributed by atoms with van der Waals surface area (Å²) < 4.78 is 13.2. The van der Waals surface area contributed by atoms with Crippen LogP contribution in [0.5, 0.6) is 11.5 Å². The van der Waals surface area contributed by atoms with Crippen molar-refractivity contribution in [2.45, 2.75) is 75.9 Å². The highest BCUT2D eigenvalue weighted by molar-refractivity contribution is 5.84. The van der Waals surface area contributed by atoms with Crippen LogP contribution in [0.25, 0.3) is 11.2 Å². The van der Waals surface area contributed by atoms with Gasteiger partial charge >= 0.3 is 0 Å². The molecule has 0 spiro atoms. The Hall–Kier alpha value is -3.07. The summed E-state index contributed by atoms with van der Waals surface area (Å²) in [6, 6.07) is 7.26. The molecule has 0 amide bonds. The number of nitrogens with one attached hydrogen (secondary N) is 2. The molecule has 0 radical (unpaired) electrons. The average Bonchev–Trinajstić information content (AvgIpc) is 3.61. The van der Waals surface area contributed by atoms with E-state index in [9.17, 15) is 0 Å². The number of nitrogens with two attached hydrogens (primary N) is 1. The van der Waals surface area contributed by atoms with Crippen molar-refractivity contribution in [1.29, 1.82) is 0 Å². The summed E-state index contributed by atoms with van der Waals surface area (Å²) in [6.45, 7) is 1.03. The molecule has 2 saturated carbocycles. The number of benzene rings is 1. The predicted molar refractivity (Wildman–Crippen MR) is 131 cm³/mol. The van der Waals surface area contributed by atoms with Gasteiger partial charge in [-0.2, -0.15) is 9.97 Å². The first-order valence-corrected chi connectivity index (χ1v) is 12.6. The van der Waals surface area contributed by atoms with Gasteiger partial charge in [0.25, 0.3) is 0 Å². The largest absolute Gasteiger partial charge is 0.454 e. The predicted octanol–water partition coefficient (Wildman–Crippen LogP) is 4.01. The molecule has 0 atom stereocenters. The van der Waals surface area contributed by atoms with Crippen LogP contribution in [0.2, 0.25) is 0 Å². The summed E-state index contributed by atoms with van der Waals surface area (Å²) in [5, 5.41) is 7.12. The molecule has 9 nitrogen and oxygen atoms in total. The van der Waals surface area contributed by atoms with Crippen LogP contribution in [0.15, 0.2) is 24.5 Å². The minimum Gasteiger partial charge on any atom is -0.454 e. The molecule has 180 valence electrons. The van der Waals surface area contributed by atoms with Crippen molar-refractivity contribution in [3.8, 4) is 11.5 Å². The summed E-state index contributed by atoms with van der Waals surface area (Å²) in [4.78, 5) is 14.5. The first kappa shape index (κ1) is 21.5. The number of ether oxygens (including phenoxy) is 2. The van der Waals surface area contributed by atoms with Crippen molar-refractivity contribution in [1.82, 2.24) is 19.5 Å². The molecular weight excluding hydrogens is 430 g/mol. The highest BCUT2D eigenvalue weighted by Crippen LogP contribution is 2.34. The van der Waals surface area contributed by atoms with Crippen LogP contribution >= 0.6 is 0 Å². The number of anilines is 2. The standard InChI is InChI=1S/C25H33N7O2/c26-17-6-8-18(9-7-17)29-25-30-23(22-24(31-25)32(14-28-22)19-3-1-2-4-19)27-12-11-16-5-10-20-21(13-16)34-15-33-20/h5,10,13-14,17-19H,1-4,6-9,11-12,15,26H2,(H2,27,29,30,31)/t17-,18-. The molecule has 3 aromatic rings. The lowest BCUT2D eigenvalue weighted by Crippen LogP contribution is -2.33. The smallest absolute Gasteiger partial charge is 0.231 e. The highest BCUT2D eigenvalue weighted by atomic mass is 16.7. The van der Waals surface area contributed by atoms with Crippen LogP contribution in [-0.2, 0) is 6.42 Å². The highest BCUT2D eigenvalue weighted by Gasteiger charge is 2.24. The van der Waals surface area contributed by atoms with E-state index in [0.717, 1.165) is 67.1 Å². The molecule has 1 aromatic carbocycles. The quantitative estimate of drug-likeness (QED) is 0.482. The Morgan fingerprint density at radius 3 is 2.68 bits per heavy atom. The fourth-order valence-electron chi connectivity index (χ4n) is 5.42. The Bertz CT molecular complexity index is 1150. The van der Waals surface area contributed by atoms with Crippen LogP contribution < -0.4 is 25.8 Å². The first-order chi connectivity index (χ1) is 16.7. The SMILES string of the molecule is N[C@H]1CC[C@H](Nc2nc(NCCc3ccc4c(c3)OCO4)c3ncn(C4CCCC4)c3n2)CC1. The second-order valence-corrected chi connectivity index (χ2v) is 9.78. The second kappa shape index (κ2) is 9.29. The number of hydrogen-bond acceptors (Lipinski definition) is 8. The lowest BCUT2D eigenvalue weighted by atomic mass is 9.92. The molecule has 3 aliphatic rings. The maximum atomic E-state index is 6.10. The van der Waals surface area contributed by atoms with E-state index in [1.165, 1.54) is 31.2 Å². The van der Waals surface area contributed by atoms with Crippen molar-refractivity contribution >= 4 is 22.9 Å². The molecule has 34 heavy (non-hydrogen) atoms. The molecular formula is C25H33N7O2. The Morgan fingerprint density at radius 1 is 1.00 bits per heavy atom. The molecule has 2 fully saturated rings. The number of fused-ring (bicyclic) bond motifs is 2. The van der Waals surface area contributed by atoms with Crippen LogP contribution in [0.1, 0.15) is 63.0 Å². The van der Waals surface area contributed by atoms with Crippen LogP contribution in [0.3, 0.4) is 0 Å². The van der Waals surface area contributed by atoms with E-state index in [2.05, 4.69) is 27.3 Å². The van der Waals surface area contributed by atoms with E-state index in [0.29, 0.717) is 30.9 Å². The molecule has 6 rings (SSSR count). The third-order valence-corrected chi connectivity index (χ3v) is 7.39. The minimum atomic E-state index is 0.294. The fourth-order valence-corrected chi connectivity index (χ4v) is 5.42. The fraction of sp³-hybridized carbons (Fsp3) is 0.560. The van der Waals surface area contributed by atoms with E-state index in [-0.39, 0.29) is 0 Å². The van der Waals surface area contributed by atoms with Crippen LogP contribution in [0, 0.1) is 0 Å². The minimum absolute atomic E-state index is 0.294. The number of hydrogen-bond donors (Lipinski definition) is 3. The lowest BCUT2D eigenvalue weighted by Gasteiger charge is -2.27. The number of imidazole rings is 1. The normalized spacial score (nSPS) is 22.4. The molecule has 0 bridgehead atoms. The van der Waals surface area contributed by atoms with Crippen LogP contribution in [-0.4, -0.2) is 44.9 Å². The zero-order valence-electron chi connectivity index (χ0n) is 19.5. The number of aromatic nitrogens is 4. The van der Waals surface area contributed by atoms with Gasteiger partial charge in [-0.25, -0.2) is 4.98 Å². The van der Waals surface area contributed by atoms with Gasteiger partial charge in [0.15, 0.2) is 28.5 Å². The Labute approximate surface area is 199 Å². The van der Waals surface area contributed by atoms with Crippen molar-refractivity contribution in [3.63, 3.8) is 0 Å². The van der Waals surface area contributed by atoms with Gasteiger partial charge in [-0.1, -0.05) is 18.9 Å². The second-order valence-electron chi connectivity index (χ2n) is 9.78. The Morgan fingerprint density at radius 2 is 1.82 bits per heavy atom. The Balaban J connectivity index is 1.23. The molecule has 0 unspecified atom stereocenters. The van der Waals surface area contributed by atoms with Crippen molar-refractivity contribution in [3.05, 3.63) is 30.1 Å². The van der Waals surface area contributed by atoms with Gasteiger partial charge < -0.3 is 30.4 Å². The number of nitrogens with zero attached hydrogens (tertiary/aromatic N) is 4. The van der Waals surface area contributed by atoms with Crippen molar-refractivity contribution < 1.29 is 9.47 Å².